The Balaban J connectivity index is 2.57. The van der Waals surface area contributed by atoms with Crippen LogP contribution < -0.4 is 11.2 Å². The molecular weight excluding hydrogens is 230 g/mol. The minimum absolute atomic E-state index is 0.00886. The fraction of sp³-hybridized carbons (Fsp3) is 0.143. The van der Waals surface area contributed by atoms with E-state index in [9.17, 15) is 9.59 Å². The fourth-order valence-electron chi connectivity index (χ4n) is 1.54. The highest BCUT2D eigenvalue weighted by atomic mass is 16.3. The Labute approximate surface area is 103 Å². The molecule has 0 atom stereocenters. The summed E-state index contributed by atoms with van der Waals surface area (Å²) in [7, 11) is 0. The van der Waals surface area contributed by atoms with Crippen LogP contribution >= 0.6 is 0 Å². The minimum Gasteiger partial charge on any atom is -0.463 e. The van der Waals surface area contributed by atoms with E-state index in [1.165, 1.54) is 0 Å². The van der Waals surface area contributed by atoms with Gasteiger partial charge in [0.1, 0.15) is 11.8 Å². The summed E-state index contributed by atoms with van der Waals surface area (Å²) in [5.41, 5.74) is 6.15. The molecule has 2 aromatic rings. The van der Waals surface area contributed by atoms with E-state index in [0.29, 0.717) is 35.8 Å². The van der Waals surface area contributed by atoms with E-state index >= 15 is 0 Å². The van der Waals surface area contributed by atoms with Crippen LogP contribution in [0, 0.1) is 11.8 Å². The number of carbonyl (C=O) groups is 1. The van der Waals surface area contributed by atoms with Gasteiger partial charge in [0.2, 0.25) is 5.43 Å². The standard InChI is InChI=1S/C14H11NO3/c15-6-2-1-3-10-4-5-13-12(7-10)14(17)11(8-16)9-18-13/h4-5,7-9H,2,6,15H2. The van der Waals surface area contributed by atoms with Crippen molar-refractivity contribution in [2.45, 2.75) is 6.42 Å². The van der Waals surface area contributed by atoms with Gasteiger partial charge in [0.05, 0.1) is 10.9 Å². The third-order valence-corrected chi connectivity index (χ3v) is 2.43. The largest absolute Gasteiger partial charge is 0.463 e. The van der Waals surface area contributed by atoms with Crippen molar-refractivity contribution in [2.24, 2.45) is 5.73 Å². The lowest BCUT2D eigenvalue weighted by atomic mass is 10.1. The van der Waals surface area contributed by atoms with E-state index in [0.717, 1.165) is 6.26 Å². The van der Waals surface area contributed by atoms with Crippen LogP contribution in [-0.4, -0.2) is 12.8 Å². The van der Waals surface area contributed by atoms with Gasteiger partial charge in [-0.25, -0.2) is 0 Å². The molecule has 0 saturated heterocycles. The smallest absolute Gasteiger partial charge is 0.203 e. The van der Waals surface area contributed by atoms with Gasteiger partial charge in [0.25, 0.3) is 0 Å². The molecule has 1 aromatic carbocycles. The first kappa shape index (κ1) is 12.1. The third kappa shape index (κ3) is 2.31. The maximum Gasteiger partial charge on any atom is 0.203 e. The Bertz CT molecular complexity index is 704. The van der Waals surface area contributed by atoms with Crippen LogP contribution in [0.5, 0.6) is 0 Å². The molecule has 2 N–H and O–H groups in total. The monoisotopic (exact) mass is 241 g/mol. The molecule has 18 heavy (non-hydrogen) atoms. The predicted molar refractivity (Wildman–Crippen MR) is 68.4 cm³/mol. The van der Waals surface area contributed by atoms with E-state index < -0.39 is 0 Å². The lowest BCUT2D eigenvalue weighted by Crippen LogP contribution is -2.07. The van der Waals surface area contributed by atoms with Crippen LogP contribution in [0.15, 0.2) is 33.7 Å². The molecule has 4 heteroatoms. The maximum absolute atomic E-state index is 11.9. The molecule has 0 unspecified atom stereocenters. The summed E-state index contributed by atoms with van der Waals surface area (Å²) in [6.07, 6.45) is 2.25. The number of aldehydes is 1. The molecule has 1 aromatic heterocycles. The second-order valence-electron chi connectivity index (χ2n) is 3.69. The Kier molecular flexibility index (Phi) is 3.56. The van der Waals surface area contributed by atoms with Crippen LogP contribution in [0.2, 0.25) is 0 Å². The van der Waals surface area contributed by atoms with Crippen LogP contribution in [0.3, 0.4) is 0 Å². The average Bonchev–Trinajstić information content (AvgIpc) is 2.40. The van der Waals surface area contributed by atoms with E-state index in [1.807, 2.05) is 0 Å². The number of hydrogen-bond acceptors (Lipinski definition) is 4. The third-order valence-electron chi connectivity index (χ3n) is 2.43. The highest BCUT2D eigenvalue weighted by Gasteiger charge is 2.06. The number of benzene rings is 1. The van der Waals surface area contributed by atoms with Crippen molar-refractivity contribution >= 4 is 17.3 Å². The molecule has 4 nitrogen and oxygen atoms in total. The zero-order valence-corrected chi connectivity index (χ0v) is 9.60. The zero-order valence-electron chi connectivity index (χ0n) is 9.60. The number of hydrogen-bond donors (Lipinski definition) is 1. The maximum atomic E-state index is 11.9. The van der Waals surface area contributed by atoms with Crippen LogP contribution in [0.1, 0.15) is 22.3 Å². The van der Waals surface area contributed by atoms with Gasteiger partial charge in [-0.05, 0) is 18.2 Å². The Morgan fingerprint density at radius 3 is 2.94 bits per heavy atom. The zero-order chi connectivity index (χ0) is 13.0. The van der Waals surface area contributed by atoms with E-state index in [4.69, 9.17) is 10.2 Å². The Morgan fingerprint density at radius 2 is 2.22 bits per heavy atom. The Hall–Kier alpha value is -2.38. The molecule has 0 aliphatic rings. The highest BCUT2D eigenvalue weighted by Crippen LogP contribution is 2.12. The van der Waals surface area contributed by atoms with Crippen molar-refractivity contribution in [1.29, 1.82) is 0 Å². The second kappa shape index (κ2) is 5.30. The van der Waals surface area contributed by atoms with Gasteiger partial charge < -0.3 is 10.2 Å². The molecule has 0 radical (unpaired) electrons. The molecule has 90 valence electrons. The van der Waals surface area contributed by atoms with Crippen molar-refractivity contribution in [3.05, 3.63) is 45.8 Å². The summed E-state index contributed by atoms with van der Waals surface area (Å²) >= 11 is 0. The van der Waals surface area contributed by atoms with Crippen LogP contribution in [0.4, 0.5) is 0 Å². The van der Waals surface area contributed by atoms with Crippen LogP contribution in [0.25, 0.3) is 11.0 Å². The summed E-state index contributed by atoms with van der Waals surface area (Å²) in [4.78, 5) is 22.5. The molecule has 0 bridgehead atoms. The lowest BCUT2D eigenvalue weighted by molar-refractivity contribution is 0.112. The van der Waals surface area contributed by atoms with Crippen molar-refractivity contribution < 1.29 is 9.21 Å². The summed E-state index contributed by atoms with van der Waals surface area (Å²) in [6.45, 7) is 0.498. The normalized spacial score (nSPS) is 9.83. The minimum atomic E-state index is -0.339. The van der Waals surface area contributed by atoms with Crippen molar-refractivity contribution in [2.75, 3.05) is 6.54 Å². The molecule has 0 aliphatic heterocycles. The molecule has 0 spiro atoms. The SMILES string of the molecule is NCCC#Cc1ccc2occ(C=O)c(=O)c2c1. The van der Waals surface area contributed by atoms with Crippen molar-refractivity contribution in [3.63, 3.8) is 0 Å². The van der Waals surface area contributed by atoms with E-state index in [1.54, 1.807) is 18.2 Å². The summed E-state index contributed by atoms with van der Waals surface area (Å²) < 4.78 is 5.20. The molecule has 0 saturated carbocycles. The first-order valence-electron chi connectivity index (χ1n) is 5.46. The number of nitrogens with two attached hydrogens (primary N) is 1. The second-order valence-corrected chi connectivity index (χ2v) is 3.69. The quantitative estimate of drug-likeness (QED) is 0.635. The van der Waals surface area contributed by atoms with Gasteiger partial charge in [-0.2, -0.15) is 0 Å². The van der Waals surface area contributed by atoms with Gasteiger partial charge in [-0.15, -0.1) is 0 Å². The van der Waals surface area contributed by atoms with Gasteiger partial charge in [-0.1, -0.05) is 11.8 Å². The van der Waals surface area contributed by atoms with Crippen molar-refractivity contribution in [3.8, 4) is 11.8 Å². The highest BCUT2D eigenvalue weighted by molar-refractivity contribution is 5.84. The molecule has 2 rings (SSSR count). The first-order valence-corrected chi connectivity index (χ1v) is 5.46. The number of rotatable bonds is 2. The summed E-state index contributed by atoms with van der Waals surface area (Å²) in [6, 6.07) is 5.05. The molecule has 1 heterocycles. The average molecular weight is 241 g/mol. The predicted octanol–water partition coefficient (Wildman–Crippen LogP) is 1.31. The van der Waals surface area contributed by atoms with E-state index in [-0.39, 0.29) is 11.0 Å². The van der Waals surface area contributed by atoms with Crippen LogP contribution in [-0.2, 0) is 0 Å². The molecule has 0 amide bonds. The summed E-state index contributed by atoms with van der Waals surface area (Å²) in [5, 5.41) is 0.360. The number of carbonyl (C=O) groups excluding carboxylic acids is 1. The Morgan fingerprint density at radius 1 is 1.39 bits per heavy atom. The van der Waals surface area contributed by atoms with Gasteiger partial charge in [0.15, 0.2) is 6.29 Å². The number of fused-ring (bicyclic) bond motifs is 1. The van der Waals surface area contributed by atoms with Gasteiger partial charge >= 0.3 is 0 Å². The van der Waals surface area contributed by atoms with Gasteiger partial charge in [0, 0.05) is 18.5 Å². The summed E-state index contributed by atoms with van der Waals surface area (Å²) in [5.74, 6) is 5.79. The fourth-order valence-corrected chi connectivity index (χ4v) is 1.54. The van der Waals surface area contributed by atoms with Gasteiger partial charge in [-0.3, -0.25) is 9.59 Å². The molecular formula is C14H11NO3. The van der Waals surface area contributed by atoms with E-state index in [2.05, 4.69) is 11.8 Å². The van der Waals surface area contributed by atoms with Crippen molar-refractivity contribution in [1.82, 2.24) is 0 Å². The lowest BCUT2D eigenvalue weighted by Gasteiger charge is -1.98. The molecule has 0 aliphatic carbocycles. The first-order chi connectivity index (χ1) is 8.76. The molecule has 0 fully saturated rings. The topological polar surface area (TPSA) is 73.3 Å².